The first-order valence-corrected chi connectivity index (χ1v) is 5.54. The summed E-state index contributed by atoms with van der Waals surface area (Å²) in [5, 5.41) is 10.3. The van der Waals surface area contributed by atoms with Gasteiger partial charge in [0.2, 0.25) is 0 Å². The molecule has 0 spiro atoms. The molecular formula is C13H17FO. The van der Waals surface area contributed by atoms with Crippen LogP contribution in [0.5, 0.6) is 0 Å². The zero-order chi connectivity index (χ0) is 10.9. The lowest BCUT2D eigenvalue weighted by Crippen LogP contribution is -2.27. The van der Waals surface area contributed by atoms with Crippen LogP contribution in [0.4, 0.5) is 4.39 Å². The zero-order valence-electron chi connectivity index (χ0n) is 9.04. The quantitative estimate of drug-likeness (QED) is 0.792. The van der Waals surface area contributed by atoms with Gasteiger partial charge in [0.1, 0.15) is 5.82 Å². The summed E-state index contributed by atoms with van der Waals surface area (Å²) >= 11 is 0. The molecule has 1 aliphatic rings. The summed E-state index contributed by atoms with van der Waals surface area (Å²) in [6, 6.07) is 6.43. The molecule has 0 aromatic heterocycles. The van der Waals surface area contributed by atoms with Crippen LogP contribution in [-0.4, -0.2) is 10.7 Å². The van der Waals surface area contributed by atoms with E-state index in [1.54, 1.807) is 12.1 Å². The van der Waals surface area contributed by atoms with Gasteiger partial charge in [-0.05, 0) is 42.9 Å². The van der Waals surface area contributed by atoms with E-state index >= 15 is 0 Å². The summed E-state index contributed by atoms with van der Waals surface area (Å²) in [6.07, 6.45) is 3.48. The second-order valence-corrected chi connectivity index (χ2v) is 4.88. The van der Waals surface area contributed by atoms with Crippen LogP contribution in [0.3, 0.4) is 0 Å². The summed E-state index contributed by atoms with van der Waals surface area (Å²) in [5.41, 5.74) is 0.463. The topological polar surface area (TPSA) is 20.2 Å². The van der Waals surface area contributed by atoms with E-state index in [1.165, 1.54) is 12.1 Å². The van der Waals surface area contributed by atoms with Crippen LogP contribution in [0.2, 0.25) is 0 Å². The van der Waals surface area contributed by atoms with Crippen LogP contribution < -0.4 is 0 Å². The third kappa shape index (κ3) is 2.57. The molecule has 2 rings (SSSR count). The van der Waals surface area contributed by atoms with Gasteiger partial charge in [-0.3, -0.25) is 0 Å². The van der Waals surface area contributed by atoms with Crippen molar-refractivity contribution >= 4 is 0 Å². The van der Waals surface area contributed by atoms with E-state index in [0.29, 0.717) is 12.3 Å². The average Bonchev–Trinajstić information content (AvgIpc) is 2.50. The van der Waals surface area contributed by atoms with Gasteiger partial charge in [-0.1, -0.05) is 19.1 Å². The van der Waals surface area contributed by atoms with E-state index in [1.807, 2.05) is 0 Å². The molecule has 0 saturated heterocycles. The van der Waals surface area contributed by atoms with Crippen molar-refractivity contribution in [3.05, 3.63) is 35.6 Å². The van der Waals surface area contributed by atoms with E-state index in [9.17, 15) is 9.50 Å². The van der Waals surface area contributed by atoms with Crippen molar-refractivity contribution in [2.75, 3.05) is 0 Å². The number of hydrogen-bond acceptors (Lipinski definition) is 1. The molecule has 0 aliphatic heterocycles. The maximum atomic E-state index is 12.7. The highest BCUT2D eigenvalue weighted by Crippen LogP contribution is 2.36. The predicted molar refractivity (Wildman–Crippen MR) is 58.1 cm³/mol. The Morgan fingerprint density at radius 1 is 1.40 bits per heavy atom. The summed E-state index contributed by atoms with van der Waals surface area (Å²) < 4.78 is 12.7. The monoisotopic (exact) mass is 208 g/mol. The Labute approximate surface area is 89.9 Å². The molecule has 82 valence electrons. The number of halogens is 1. The second-order valence-electron chi connectivity index (χ2n) is 4.88. The molecular weight excluding hydrogens is 191 g/mol. The summed E-state index contributed by atoms with van der Waals surface area (Å²) in [4.78, 5) is 0. The Kier molecular flexibility index (Phi) is 2.79. The van der Waals surface area contributed by atoms with Crippen molar-refractivity contribution in [1.82, 2.24) is 0 Å². The van der Waals surface area contributed by atoms with E-state index in [4.69, 9.17) is 0 Å². The highest BCUT2D eigenvalue weighted by atomic mass is 19.1. The minimum atomic E-state index is -0.558. The van der Waals surface area contributed by atoms with Gasteiger partial charge in [0.05, 0.1) is 5.60 Å². The molecule has 0 bridgehead atoms. The van der Waals surface area contributed by atoms with Gasteiger partial charge < -0.3 is 5.11 Å². The van der Waals surface area contributed by atoms with Gasteiger partial charge >= 0.3 is 0 Å². The maximum absolute atomic E-state index is 12.7. The van der Waals surface area contributed by atoms with Gasteiger partial charge in [0.25, 0.3) is 0 Å². The van der Waals surface area contributed by atoms with Crippen molar-refractivity contribution < 1.29 is 9.50 Å². The van der Waals surface area contributed by atoms with Crippen molar-refractivity contribution in [2.24, 2.45) is 5.92 Å². The van der Waals surface area contributed by atoms with E-state index in [-0.39, 0.29) is 5.82 Å². The van der Waals surface area contributed by atoms with E-state index in [2.05, 4.69) is 6.92 Å². The number of aliphatic hydroxyl groups is 1. The molecule has 0 heterocycles. The maximum Gasteiger partial charge on any atom is 0.123 e. The molecule has 1 saturated carbocycles. The fraction of sp³-hybridized carbons (Fsp3) is 0.538. The first-order valence-electron chi connectivity index (χ1n) is 5.54. The molecule has 1 aliphatic carbocycles. The van der Waals surface area contributed by atoms with Crippen LogP contribution in [-0.2, 0) is 6.42 Å². The van der Waals surface area contributed by atoms with Gasteiger partial charge in [0, 0.05) is 6.42 Å². The lowest BCUT2D eigenvalue weighted by atomic mass is 9.92. The minimum absolute atomic E-state index is 0.217. The lowest BCUT2D eigenvalue weighted by molar-refractivity contribution is 0.0446. The normalized spacial score (nSPS) is 30.7. The Hall–Kier alpha value is -0.890. The molecule has 15 heavy (non-hydrogen) atoms. The Morgan fingerprint density at radius 3 is 2.60 bits per heavy atom. The zero-order valence-corrected chi connectivity index (χ0v) is 9.04. The van der Waals surface area contributed by atoms with Gasteiger partial charge in [-0.15, -0.1) is 0 Å². The fourth-order valence-electron chi connectivity index (χ4n) is 2.51. The van der Waals surface area contributed by atoms with Crippen molar-refractivity contribution in [3.63, 3.8) is 0 Å². The largest absolute Gasteiger partial charge is 0.390 e. The highest BCUT2D eigenvalue weighted by molar-refractivity contribution is 5.18. The predicted octanol–water partition coefficient (Wildman–Crippen LogP) is 2.92. The first-order chi connectivity index (χ1) is 7.07. The SMILES string of the molecule is CC1CCC(O)(Cc2ccc(F)cc2)C1. The molecule has 2 atom stereocenters. The number of hydrogen-bond donors (Lipinski definition) is 1. The lowest BCUT2D eigenvalue weighted by Gasteiger charge is -2.22. The summed E-state index contributed by atoms with van der Waals surface area (Å²) in [6.45, 7) is 2.17. The van der Waals surface area contributed by atoms with Crippen LogP contribution in [0.25, 0.3) is 0 Å². The van der Waals surface area contributed by atoms with E-state index in [0.717, 1.165) is 24.8 Å². The molecule has 1 N–H and O–H groups in total. The van der Waals surface area contributed by atoms with Crippen LogP contribution >= 0.6 is 0 Å². The van der Waals surface area contributed by atoms with Crippen LogP contribution in [0.15, 0.2) is 24.3 Å². The van der Waals surface area contributed by atoms with Crippen LogP contribution in [0.1, 0.15) is 31.7 Å². The third-order valence-corrected chi connectivity index (χ3v) is 3.28. The Morgan fingerprint density at radius 2 is 2.07 bits per heavy atom. The molecule has 2 heteroatoms. The smallest absolute Gasteiger partial charge is 0.123 e. The molecule has 1 aromatic carbocycles. The Bertz CT molecular complexity index is 333. The highest BCUT2D eigenvalue weighted by Gasteiger charge is 2.35. The number of rotatable bonds is 2. The van der Waals surface area contributed by atoms with Gasteiger partial charge in [0.15, 0.2) is 0 Å². The minimum Gasteiger partial charge on any atom is -0.390 e. The summed E-state index contributed by atoms with van der Waals surface area (Å²) in [5.74, 6) is 0.390. The third-order valence-electron chi connectivity index (χ3n) is 3.28. The van der Waals surface area contributed by atoms with Gasteiger partial charge in [-0.2, -0.15) is 0 Å². The first kappa shape index (κ1) is 10.6. The molecule has 1 aromatic rings. The molecule has 2 unspecified atom stereocenters. The molecule has 0 radical (unpaired) electrons. The molecule has 1 nitrogen and oxygen atoms in total. The van der Waals surface area contributed by atoms with Crippen molar-refractivity contribution in [1.29, 1.82) is 0 Å². The fourth-order valence-corrected chi connectivity index (χ4v) is 2.51. The second kappa shape index (κ2) is 3.93. The van der Waals surface area contributed by atoms with Crippen molar-refractivity contribution in [3.8, 4) is 0 Å². The standard InChI is InChI=1S/C13H17FO/c1-10-6-7-13(15,8-10)9-11-2-4-12(14)5-3-11/h2-5,10,15H,6-9H2,1H3. The van der Waals surface area contributed by atoms with Crippen LogP contribution in [0, 0.1) is 11.7 Å². The molecule has 0 amide bonds. The average molecular weight is 208 g/mol. The summed E-state index contributed by atoms with van der Waals surface area (Å²) in [7, 11) is 0. The van der Waals surface area contributed by atoms with Gasteiger partial charge in [-0.25, -0.2) is 4.39 Å². The molecule has 1 fully saturated rings. The Balaban J connectivity index is 2.05. The van der Waals surface area contributed by atoms with E-state index < -0.39 is 5.60 Å². The number of benzene rings is 1. The van der Waals surface area contributed by atoms with Crippen molar-refractivity contribution in [2.45, 2.75) is 38.2 Å².